The molecule has 0 atom stereocenters. The molecule has 0 aliphatic carbocycles. The molecule has 4 aromatic heterocycles. The molecule has 0 aliphatic rings. The molecule has 0 spiro atoms. The number of fused-ring (bicyclic) bond motifs is 4. The van der Waals surface area contributed by atoms with E-state index < -0.39 is 8.07 Å². The Morgan fingerprint density at radius 2 is 1.39 bits per heavy atom. The number of benzene rings is 5. The normalized spacial score (nSPS) is 11.8. The maximum atomic E-state index is 6.48. The topological polar surface area (TPSA) is 56.7 Å². The van der Waals surface area contributed by atoms with Crippen LogP contribution in [0.2, 0.25) is 19.6 Å². The summed E-state index contributed by atoms with van der Waals surface area (Å²) in [6, 6.07) is 46.9. The van der Waals surface area contributed by atoms with Gasteiger partial charge in [-0.05, 0) is 88.5 Å². The number of para-hydroxylation sites is 1. The van der Waals surface area contributed by atoms with Crippen molar-refractivity contribution >= 4 is 46.2 Å². The van der Waals surface area contributed by atoms with Gasteiger partial charge in [0.1, 0.15) is 5.58 Å². The maximum absolute atomic E-state index is 6.48. The molecule has 5 nitrogen and oxygen atoms in total. The second-order valence-corrected chi connectivity index (χ2v) is 23.3. The third kappa shape index (κ3) is 9.03. The number of aryl methyl sites for hydroxylation is 1. The van der Waals surface area contributed by atoms with Crippen molar-refractivity contribution < 1.29 is 24.5 Å². The van der Waals surface area contributed by atoms with Crippen LogP contribution in [0.15, 0.2) is 132 Å². The van der Waals surface area contributed by atoms with E-state index >= 15 is 0 Å². The summed E-state index contributed by atoms with van der Waals surface area (Å²) in [7, 11) is -1.34. The minimum Gasteiger partial charge on any atom is -0.501 e. The second kappa shape index (κ2) is 18.5. The van der Waals surface area contributed by atoms with Crippen LogP contribution in [0.3, 0.4) is 0 Å². The molecular weight excluding hydrogens is 953 g/mol. The zero-order chi connectivity index (χ0) is 43.0. The van der Waals surface area contributed by atoms with Crippen molar-refractivity contribution in [1.29, 1.82) is 0 Å². The molecule has 7 heteroatoms. The monoisotopic (exact) mass is 1010 g/mol. The molecule has 0 fully saturated rings. The van der Waals surface area contributed by atoms with Crippen LogP contribution in [0.4, 0.5) is 0 Å². The third-order valence-corrected chi connectivity index (χ3v) is 13.5. The molecule has 0 unspecified atom stereocenters. The Kier molecular flexibility index (Phi) is 13.3. The van der Waals surface area contributed by atoms with Gasteiger partial charge < -0.3 is 14.0 Å². The Morgan fingerprint density at radius 1 is 0.694 bits per heavy atom. The first kappa shape index (κ1) is 44.6. The molecule has 0 N–H and O–H groups in total. The maximum Gasteiger partial charge on any atom is 0.120 e. The van der Waals surface area contributed by atoms with Crippen LogP contribution >= 0.6 is 0 Å². The van der Waals surface area contributed by atoms with E-state index in [1.807, 2.05) is 49.5 Å². The van der Waals surface area contributed by atoms with Gasteiger partial charge in [-0.3, -0.25) is 9.97 Å². The molecule has 62 heavy (non-hydrogen) atoms. The van der Waals surface area contributed by atoms with Crippen LogP contribution in [-0.4, -0.2) is 27.6 Å². The Bertz CT molecular complexity index is 2950. The Morgan fingerprint density at radius 3 is 2.05 bits per heavy atom. The first-order valence-electron chi connectivity index (χ1n) is 21.7. The summed E-state index contributed by atoms with van der Waals surface area (Å²) in [6.07, 6.45) is 5.12. The summed E-state index contributed by atoms with van der Waals surface area (Å²) in [5.41, 5.74) is 15.1. The van der Waals surface area contributed by atoms with Crippen LogP contribution in [0.5, 0.6) is 0 Å². The molecule has 317 valence electrons. The van der Waals surface area contributed by atoms with E-state index in [9.17, 15) is 0 Å². The van der Waals surface area contributed by atoms with Gasteiger partial charge in [0.15, 0.2) is 0 Å². The quantitative estimate of drug-likeness (QED) is 0.107. The van der Waals surface area contributed by atoms with Gasteiger partial charge in [-0.2, -0.15) is 0 Å². The number of rotatable bonds is 9. The van der Waals surface area contributed by atoms with Crippen LogP contribution in [0.1, 0.15) is 75.8 Å². The molecule has 0 saturated heterocycles. The van der Waals surface area contributed by atoms with Gasteiger partial charge in [0.25, 0.3) is 0 Å². The molecule has 4 heterocycles. The fourth-order valence-electron chi connectivity index (χ4n) is 8.43. The molecule has 0 bridgehead atoms. The SMILES string of the molecule is CC(C)Cc1cc(-c2[c-]cccc2)ncc1[Si](C)(C)C.Cc1cc2c(cn1)nc(-c1[c-]ccc3c1oc1ccccc13)n2-c1c(C(C)C)cc(-c2ccccc2)cc1C(C)C.[Ir]. The summed E-state index contributed by atoms with van der Waals surface area (Å²) in [5, 5.41) is 3.65. The van der Waals surface area contributed by atoms with Gasteiger partial charge in [-0.25, -0.2) is 0 Å². The molecule has 5 aromatic carbocycles. The average Bonchev–Trinajstić information content (AvgIpc) is 3.81. The predicted octanol–water partition coefficient (Wildman–Crippen LogP) is 14.3. The van der Waals surface area contributed by atoms with E-state index in [1.54, 1.807) is 0 Å². The van der Waals surface area contributed by atoms with Crippen molar-refractivity contribution in [3.8, 4) is 39.5 Å². The number of hydrogen-bond acceptors (Lipinski definition) is 4. The van der Waals surface area contributed by atoms with Gasteiger partial charge in [0, 0.05) is 43.1 Å². The Labute approximate surface area is 382 Å². The molecular formula is C55H56IrN4OSi-2. The largest absolute Gasteiger partial charge is 0.501 e. The van der Waals surface area contributed by atoms with Crippen LogP contribution in [0.25, 0.3) is 72.4 Å². The van der Waals surface area contributed by atoms with E-state index in [1.165, 1.54) is 38.7 Å². The first-order valence-corrected chi connectivity index (χ1v) is 25.2. The van der Waals surface area contributed by atoms with E-state index in [4.69, 9.17) is 9.40 Å². The van der Waals surface area contributed by atoms with Crippen LogP contribution < -0.4 is 5.19 Å². The summed E-state index contributed by atoms with van der Waals surface area (Å²) in [5.74, 6) is 2.05. The van der Waals surface area contributed by atoms with Crippen molar-refractivity contribution in [1.82, 2.24) is 19.5 Å². The van der Waals surface area contributed by atoms with Gasteiger partial charge in [0.05, 0.1) is 36.7 Å². The minimum atomic E-state index is -1.34. The smallest absolute Gasteiger partial charge is 0.120 e. The molecule has 9 aromatic rings. The third-order valence-electron chi connectivity index (χ3n) is 11.4. The van der Waals surface area contributed by atoms with Crippen molar-refractivity contribution in [2.75, 3.05) is 0 Å². The van der Waals surface area contributed by atoms with Gasteiger partial charge in [-0.1, -0.05) is 132 Å². The Balaban J connectivity index is 0.000000233. The molecule has 9 rings (SSSR count). The summed E-state index contributed by atoms with van der Waals surface area (Å²) in [6.45, 7) is 22.9. The number of nitrogens with zero attached hydrogens (tertiary/aromatic N) is 4. The van der Waals surface area contributed by atoms with Crippen molar-refractivity contribution in [3.05, 3.63) is 162 Å². The standard InChI is InChI=1S/C37H32N3O.C18H24NSi.Ir/c1-22(2)30-19-26(25-12-7-6-8-13-25)20-31(23(3)4)35(30)40-33-18-24(5)38-21-32(33)39-37(40)29-16-11-15-28-27-14-9-10-17-34(27)41-36(28)29;1-14(2)11-16-12-17(15-9-7-6-8-10-15)19-13-18(16)20(3,4)5;/h6-15,17-23H,1-5H3;6-9,12-14H,11H2,1-5H3;/q2*-1;. The Hall–Kier alpha value is -5.46. The van der Waals surface area contributed by atoms with Crippen LogP contribution in [-0.2, 0) is 26.5 Å². The molecule has 0 saturated carbocycles. The van der Waals surface area contributed by atoms with Crippen LogP contribution in [0, 0.1) is 25.0 Å². The summed E-state index contributed by atoms with van der Waals surface area (Å²) in [4.78, 5) is 14.5. The number of imidazole rings is 1. The number of hydrogen-bond donors (Lipinski definition) is 0. The summed E-state index contributed by atoms with van der Waals surface area (Å²) < 4.78 is 8.82. The summed E-state index contributed by atoms with van der Waals surface area (Å²) >= 11 is 0. The van der Waals surface area contributed by atoms with Gasteiger partial charge >= 0.3 is 0 Å². The van der Waals surface area contributed by atoms with Crippen molar-refractivity contribution in [2.45, 2.75) is 86.4 Å². The van der Waals surface area contributed by atoms with Gasteiger partial charge in [0.2, 0.25) is 0 Å². The first-order chi connectivity index (χ1) is 29.3. The predicted molar refractivity (Wildman–Crippen MR) is 259 cm³/mol. The van der Waals surface area contributed by atoms with Crippen molar-refractivity contribution in [2.24, 2.45) is 5.92 Å². The zero-order valence-electron chi connectivity index (χ0n) is 37.6. The zero-order valence-corrected chi connectivity index (χ0v) is 41.0. The van der Waals surface area contributed by atoms with Gasteiger partial charge in [-0.15, -0.1) is 54.1 Å². The van der Waals surface area contributed by atoms with E-state index in [2.05, 4.69) is 173 Å². The van der Waals surface area contributed by atoms with E-state index in [0.29, 0.717) is 5.92 Å². The van der Waals surface area contributed by atoms with E-state index in [-0.39, 0.29) is 31.9 Å². The molecule has 1 radical (unpaired) electrons. The number of pyridine rings is 2. The minimum absolute atomic E-state index is 0. The fraction of sp³-hybridized carbons (Fsp3) is 0.255. The average molecular weight is 1010 g/mol. The molecule has 0 aliphatic heterocycles. The number of furan rings is 1. The van der Waals surface area contributed by atoms with E-state index in [0.717, 1.165) is 67.7 Å². The molecule has 0 amide bonds. The van der Waals surface area contributed by atoms with Crippen molar-refractivity contribution in [3.63, 3.8) is 0 Å². The second-order valence-electron chi connectivity index (χ2n) is 18.3. The number of aromatic nitrogens is 4. The fourth-order valence-corrected chi connectivity index (χ4v) is 10.0.